The van der Waals surface area contributed by atoms with Gasteiger partial charge in [-0.05, 0) is 91.6 Å². The fourth-order valence-corrected chi connectivity index (χ4v) is 10.6. The largest absolute Gasteiger partial charge is 0.389 e. The van der Waals surface area contributed by atoms with Gasteiger partial charge in [-0.2, -0.15) is 0 Å². The van der Waals surface area contributed by atoms with E-state index in [2.05, 4.69) is 45.0 Å². The predicted octanol–water partition coefficient (Wildman–Crippen LogP) is 5.76. The maximum atomic E-state index is 13.2. The van der Waals surface area contributed by atoms with Crippen LogP contribution in [0.3, 0.4) is 0 Å². The Morgan fingerprint density at radius 3 is 2.68 bits per heavy atom. The summed E-state index contributed by atoms with van der Waals surface area (Å²) in [5.74, 6) is 2.35. The summed E-state index contributed by atoms with van der Waals surface area (Å²) in [6, 6.07) is 8.96. The summed E-state index contributed by atoms with van der Waals surface area (Å²) >= 11 is 0. The Labute approximate surface area is 203 Å². The van der Waals surface area contributed by atoms with Gasteiger partial charge >= 0.3 is 0 Å². The van der Waals surface area contributed by atoms with E-state index >= 15 is 0 Å². The van der Waals surface area contributed by atoms with Crippen molar-refractivity contribution in [3.63, 3.8) is 0 Å². The van der Waals surface area contributed by atoms with Gasteiger partial charge in [0.15, 0.2) is 0 Å². The molecule has 0 aromatic heterocycles. The lowest BCUT2D eigenvalue weighted by Crippen LogP contribution is -2.70. The quantitative estimate of drug-likeness (QED) is 0.496. The zero-order valence-corrected chi connectivity index (χ0v) is 21.1. The SMILES string of the molecule is CC1(C)COOC2(CC[C@@]34Cc5ccccc5[C@H]5C[C@]6(C)C(=O)CC[C@H]6[C@H](CC[C@@]3(O)C2)[C@H]54)C1. The van der Waals surface area contributed by atoms with Crippen LogP contribution in [-0.2, 0) is 21.0 Å². The average molecular weight is 465 g/mol. The molecule has 8 atom stereocenters. The van der Waals surface area contributed by atoms with E-state index in [-0.39, 0.29) is 21.8 Å². The first-order valence-electron chi connectivity index (χ1n) is 13.7. The first kappa shape index (κ1) is 22.0. The molecule has 0 radical (unpaired) electrons. The number of hydrogen-bond donors (Lipinski definition) is 1. The minimum absolute atomic E-state index is 0.0644. The third-order valence-corrected chi connectivity index (χ3v) is 11.7. The van der Waals surface area contributed by atoms with Crippen LogP contribution in [0.4, 0.5) is 0 Å². The van der Waals surface area contributed by atoms with E-state index in [1.807, 2.05) is 0 Å². The highest BCUT2D eigenvalue weighted by molar-refractivity contribution is 5.87. The standard InChI is InChI=1S/C30H40O4/c1-26(2)16-28(34-33-18-26)12-13-29-14-19-6-4-5-7-20(19)22-15-27(3)23(8-9-24(27)31)21(25(22)29)10-11-30(29,32)17-28/h4-7,21-23,25,32H,8-18H2,1-3H3/t21-,22+,23-,25+,27-,28?,29-,30+/m0/s1. The third kappa shape index (κ3) is 2.69. The number of Topliss-reactive ketones (excluding diaryl/α,β-unsaturated/α-hetero) is 1. The van der Waals surface area contributed by atoms with E-state index in [1.165, 1.54) is 11.1 Å². The third-order valence-electron chi connectivity index (χ3n) is 11.7. The molecule has 1 aromatic carbocycles. The summed E-state index contributed by atoms with van der Waals surface area (Å²) in [5.41, 5.74) is 1.50. The number of carbonyl (C=O) groups excluding carboxylic acids is 1. The van der Waals surface area contributed by atoms with Crippen LogP contribution in [0, 0.1) is 34.0 Å². The predicted molar refractivity (Wildman–Crippen MR) is 129 cm³/mol. The first-order valence-corrected chi connectivity index (χ1v) is 13.7. The number of aliphatic hydroxyl groups is 1. The van der Waals surface area contributed by atoms with Gasteiger partial charge in [-0.1, -0.05) is 45.0 Å². The molecule has 1 aliphatic heterocycles. The van der Waals surface area contributed by atoms with Crippen LogP contribution in [0.5, 0.6) is 0 Å². The van der Waals surface area contributed by atoms with Crippen molar-refractivity contribution in [1.29, 1.82) is 0 Å². The van der Waals surface area contributed by atoms with E-state index in [0.717, 1.165) is 57.8 Å². The zero-order chi connectivity index (χ0) is 23.6. The van der Waals surface area contributed by atoms with Crippen LogP contribution in [0.2, 0.25) is 0 Å². The molecule has 1 saturated heterocycles. The van der Waals surface area contributed by atoms with Gasteiger partial charge in [-0.25, -0.2) is 9.78 Å². The van der Waals surface area contributed by atoms with Crippen LogP contribution < -0.4 is 0 Å². The lowest BCUT2D eigenvalue weighted by atomic mass is 9.36. The smallest absolute Gasteiger partial charge is 0.139 e. The molecule has 1 heterocycles. The molecule has 5 fully saturated rings. The molecule has 1 unspecified atom stereocenters. The summed E-state index contributed by atoms with van der Waals surface area (Å²) in [6.07, 6.45) is 9.17. The monoisotopic (exact) mass is 464 g/mol. The van der Waals surface area contributed by atoms with Gasteiger partial charge in [0, 0.05) is 23.7 Å². The Balaban J connectivity index is 1.35. The summed E-state index contributed by atoms with van der Waals surface area (Å²) < 4.78 is 0. The molecule has 4 nitrogen and oxygen atoms in total. The van der Waals surface area contributed by atoms with Crippen molar-refractivity contribution in [2.75, 3.05) is 6.61 Å². The maximum absolute atomic E-state index is 13.2. The van der Waals surface area contributed by atoms with Gasteiger partial charge in [0.25, 0.3) is 0 Å². The molecule has 2 spiro atoms. The van der Waals surface area contributed by atoms with Gasteiger partial charge in [-0.15, -0.1) is 0 Å². The van der Waals surface area contributed by atoms with Crippen molar-refractivity contribution in [1.82, 2.24) is 0 Å². The zero-order valence-electron chi connectivity index (χ0n) is 21.1. The fourth-order valence-electron chi connectivity index (χ4n) is 10.6. The van der Waals surface area contributed by atoms with Gasteiger partial charge in [-0.3, -0.25) is 4.79 Å². The molecular formula is C30H40O4. The second-order valence-electron chi connectivity index (χ2n) is 14.1. The number of carbonyl (C=O) groups is 1. The summed E-state index contributed by atoms with van der Waals surface area (Å²) in [5, 5.41) is 12.7. The molecule has 0 amide bonds. The van der Waals surface area contributed by atoms with Gasteiger partial charge in [0.05, 0.1) is 12.2 Å². The molecule has 1 aromatic rings. The molecule has 7 rings (SSSR count). The number of rotatable bonds is 0. The van der Waals surface area contributed by atoms with Crippen LogP contribution in [0.25, 0.3) is 0 Å². The summed E-state index contributed by atoms with van der Waals surface area (Å²) in [4.78, 5) is 25.0. The van der Waals surface area contributed by atoms with Gasteiger partial charge < -0.3 is 5.11 Å². The van der Waals surface area contributed by atoms with Crippen molar-refractivity contribution >= 4 is 5.78 Å². The molecule has 184 valence electrons. The Hall–Kier alpha value is -1.23. The Kier molecular flexibility index (Phi) is 4.37. The molecule has 0 bridgehead atoms. The number of benzene rings is 1. The number of fused-ring (bicyclic) bond motifs is 4. The molecule has 6 aliphatic rings. The van der Waals surface area contributed by atoms with Gasteiger partial charge in [0.1, 0.15) is 11.4 Å². The average Bonchev–Trinajstić information content (AvgIpc) is 3.08. The van der Waals surface area contributed by atoms with Crippen molar-refractivity contribution < 1.29 is 19.7 Å². The van der Waals surface area contributed by atoms with Crippen LogP contribution in [0.1, 0.15) is 95.6 Å². The Bertz CT molecular complexity index is 1050. The molecular weight excluding hydrogens is 424 g/mol. The van der Waals surface area contributed by atoms with E-state index in [9.17, 15) is 9.90 Å². The fraction of sp³-hybridized carbons (Fsp3) is 0.767. The van der Waals surface area contributed by atoms with Crippen molar-refractivity contribution in [2.45, 2.75) is 102 Å². The van der Waals surface area contributed by atoms with Gasteiger partial charge in [0.2, 0.25) is 0 Å². The molecule has 5 aliphatic carbocycles. The highest BCUT2D eigenvalue weighted by atomic mass is 17.2. The topological polar surface area (TPSA) is 55.8 Å². The molecule has 4 saturated carbocycles. The highest BCUT2D eigenvalue weighted by Crippen LogP contribution is 2.73. The van der Waals surface area contributed by atoms with Crippen LogP contribution in [0.15, 0.2) is 24.3 Å². The van der Waals surface area contributed by atoms with E-state index in [0.29, 0.717) is 42.5 Å². The second kappa shape index (κ2) is 6.75. The van der Waals surface area contributed by atoms with E-state index < -0.39 is 5.60 Å². The summed E-state index contributed by atoms with van der Waals surface area (Å²) in [7, 11) is 0. The normalized spacial score (nSPS) is 50.8. The molecule has 34 heavy (non-hydrogen) atoms. The first-order chi connectivity index (χ1) is 16.1. The number of hydrogen-bond acceptors (Lipinski definition) is 4. The molecule has 1 N–H and O–H groups in total. The number of ketones is 1. The van der Waals surface area contributed by atoms with E-state index in [1.54, 1.807) is 0 Å². The Morgan fingerprint density at radius 1 is 1.03 bits per heavy atom. The van der Waals surface area contributed by atoms with Crippen molar-refractivity contribution in [3.8, 4) is 0 Å². The van der Waals surface area contributed by atoms with Crippen molar-refractivity contribution in [3.05, 3.63) is 35.4 Å². The minimum atomic E-state index is -0.745. The lowest BCUT2D eigenvalue weighted by molar-refractivity contribution is -0.425. The van der Waals surface area contributed by atoms with Crippen LogP contribution >= 0.6 is 0 Å². The van der Waals surface area contributed by atoms with Crippen molar-refractivity contribution in [2.24, 2.45) is 34.0 Å². The summed E-state index contributed by atoms with van der Waals surface area (Å²) in [6.45, 7) is 7.41. The minimum Gasteiger partial charge on any atom is -0.389 e. The maximum Gasteiger partial charge on any atom is 0.139 e. The Morgan fingerprint density at radius 2 is 1.85 bits per heavy atom. The highest BCUT2D eigenvalue weighted by Gasteiger charge is 2.72. The lowest BCUT2D eigenvalue weighted by Gasteiger charge is -2.70. The molecule has 4 heteroatoms. The second-order valence-corrected chi connectivity index (χ2v) is 14.1. The van der Waals surface area contributed by atoms with E-state index in [4.69, 9.17) is 9.78 Å². The van der Waals surface area contributed by atoms with Crippen LogP contribution in [-0.4, -0.2) is 28.7 Å².